The Morgan fingerprint density at radius 3 is 2.41 bits per heavy atom. The van der Waals surface area contributed by atoms with Crippen molar-refractivity contribution in [2.75, 3.05) is 0 Å². The molecule has 1 spiro atoms. The van der Waals surface area contributed by atoms with Crippen LogP contribution in [0.2, 0.25) is 0 Å². The molecule has 0 bridgehead atoms. The SMILES string of the molecule is CCC1CC2C(=CC=C3C4=[N+](C=C[C@@H]32)[C@@]2(c3c(C)cc(C)cc34)C3OC(C(C)(C)CC)=CC(C(C)(C)CC)OC32)C(C)(C)C1. The molecule has 3 aliphatic carbocycles. The Hall–Kier alpha value is -2.39. The van der Waals surface area contributed by atoms with Crippen molar-refractivity contribution in [1.29, 1.82) is 0 Å². The topological polar surface area (TPSA) is 21.5 Å². The van der Waals surface area contributed by atoms with Gasteiger partial charge in [-0.15, -0.1) is 0 Å². The standard InChI is InChI=1S/C41H56NO2/c1-12-26-21-29-27-17-18-42-35(28(27)15-16-31(29)40(10,11)23-26)30-20-24(4)19-25(5)34(30)41(42)36-37(41)44-33(39(8,9)14-3)22-32(43-36)38(6,7)13-2/h15-20,22,26-27,29,32,36-37H,12-14,21,23H2,1-11H3/q+1/t26?,27-,29?,32?,36?,37?,41+/m0/s1. The number of nitrogens with zero attached hydrogens (tertiary/aromatic N) is 1. The van der Waals surface area contributed by atoms with Crippen molar-refractivity contribution in [2.24, 2.45) is 34.0 Å². The van der Waals surface area contributed by atoms with Crippen LogP contribution in [0.5, 0.6) is 0 Å². The molecule has 3 nitrogen and oxygen atoms in total. The third-order valence-corrected chi connectivity index (χ3v) is 13.0. The summed E-state index contributed by atoms with van der Waals surface area (Å²) in [6.45, 7) is 25.9. The molecule has 0 aromatic heterocycles. The number of allylic oxidation sites excluding steroid dienone is 6. The van der Waals surface area contributed by atoms with Gasteiger partial charge in [0, 0.05) is 22.5 Å². The maximum atomic E-state index is 7.30. The van der Waals surface area contributed by atoms with Gasteiger partial charge in [-0.1, -0.05) is 92.5 Å². The van der Waals surface area contributed by atoms with E-state index in [0.717, 1.165) is 24.5 Å². The quantitative estimate of drug-likeness (QED) is 0.317. The van der Waals surface area contributed by atoms with Crippen LogP contribution < -0.4 is 0 Å². The first-order valence-corrected chi connectivity index (χ1v) is 17.6. The van der Waals surface area contributed by atoms with Gasteiger partial charge < -0.3 is 9.47 Å². The third-order valence-electron chi connectivity index (χ3n) is 13.0. The number of ether oxygens (including phenoxy) is 2. The van der Waals surface area contributed by atoms with Gasteiger partial charge in [0.2, 0.25) is 11.8 Å². The molecule has 5 unspecified atom stereocenters. The summed E-state index contributed by atoms with van der Waals surface area (Å²) in [7, 11) is 0. The molecule has 3 heterocycles. The lowest BCUT2D eigenvalue weighted by Gasteiger charge is -2.47. The van der Waals surface area contributed by atoms with E-state index in [9.17, 15) is 0 Å². The fourth-order valence-electron chi connectivity index (χ4n) is 9.57. The largest absolute Gasteiger partial charge is 0.484 e. The first kappa shape index (κ1) is 30.3. The molecular formula is C41H56NO2+. The van der Waals surface area contributed by atoms with Crippen molar-refractivity contribution in [3.63, 3.8) is 0 Å². The summed E-state index contributed by atoms with van der Waals surface area (Å²) in [4.78, 5) is 0. The van der Waals surface area contributed by atoms with Crippen LogP contribution >= 0.6 is 0 Å². The maximum Gasteiger partial charge on any atom is 0.263 e. The van der Waals surface area contributed by atoms with E-state index in [1.165, 1.54) is 52.8 Å². The average Bonchev–Trinajstić information content (AvgIpc) is 3.55. The summed E-state index contributed by atoms with van der Waals surface area (Å²) < 4.78 is 17.1. The molecule has 7 rings (SSSR count). The lowest BCUT2D eigenvalue weighted by molar-refractivity contribution is -0.532. The van der Waals surface area contributed by atoms with Crippen molar-refractivity contribution in [3.8, 4) is 0 Å². The second-order valence-electron chi connectivity index (χ2n) is 17.0. The van der Waals surface area contributed by atoms with Gasteiger partial charge in [-0.05, 0) is 91.5 Å². The van der Waals surface area contributed by atoms with Gasteiger partial charge in [0.05, 0.1) is 11.7 Å². The van der Waals surface area contributed by atoms with Crippen LogP contribution in [0.4, 0.5) is 0 Å². The molecule has 3 heteroatoms. The molecule has 1 aromatic carbocycles. The van der Waals surface area contributed by atoms with Crippen molar-refractivity contribution in [2.45, 2.75) is 132 Å². The Balaban J connectivity index is 1.41. The average molecular weight is 595 g/mol. The number of rotatable bonds is 5. The van der Waals surface area contributed by atoms with E-state index in [1.807, 2.05) is 0 Å². The van der Waals surface area contributed by atoms with E-state index in [4.69, 9.17) is 9.47 Å². The Morgan fingerprint density at radius 1 is 0.977 bits per heavy atom. The molecule has 44 heavy (non-hydrogen) atoms. The summed E-state index contributed by atoms with van der Waals surface area (Å²) in [5, 5.41) is 0. The van der Waals surface area contributed by atoms with Gasteiger partial charge in [0.15, 0.2) is 12.3 Å². The molecule has 2 saturated carbocycles. The van der Waals surface area contributed by atoms with Gasteiger partial charge in [-0.2, -0.15) is 4.58 Å². The Labute approximate surface area is 267 Å². The van der Waals surface area contributed by atoms with Gasteiger partial charge >= 0.3 is 0 Å². The second-order valence-corrected chi connectivity index (χ2v) is 17.0. The summed E-state index contributed by atoms with van der Waals surface area (Å²) in [6.07, 6.45) is 18.2. The molecule has 0 amide bonds. The highest BCUT2D eigenvalue weighted by molar-refractivity contribution is 6.14. The molecular weight excluding hydrogens is 538 g/mol. The lowest BCUT2D eigenvalue weighted by atomic mass is 9.57. The van der Waals surface area contributed by atoms with Gasteiger partial charge in [0.1, 0.15) is 5.76 Å². The summed E-state index contributed by atoms with van der Waals surface area (Å²) in [6, 6.07) is 4.83. The third kappa shape index (κ3) is 4.06. The number of hydrogen-bond donors (Lipinski definition) is 0. The Morgan fingerprint density at radius 2 is 1.73 bits per heavy atom. The van der Waals surface area contributed by atoms with Gasteiger partial charge in [-0.3, -0.25) is 0 Å². The molecule has 0 radical (unpaired) electrons. The van der Waals surface area contributed by atoms with E-state index < -0.39 is 0 Å². The highest BCUT2D eigenvalue weighted by Gasteiger charge is 2.84. The first-order valence-electron chi connectivity index (χ1n) is 17.6. The normalized spacial score (nSPS) is 34.9. The Kier molecular flexibility index (Phi) is 6.75. The van der Waals surface area contributed by atoms with Crippen LogP contribution in [0.1, 0.15) is 117 Å². The molecule has 6 aliphatic rings. The zero-order chi connectivity index (χ0) is 31.6. The number of aryl methyl sites for hydroxylation is 2. The van der Waals surface area contributed by atoms with E-state index >= 15 is 0 Å². The van der Waals surface area contributed by atoms with Gasteiger partial charge in [0.25, 0.3) is 5.54 Å². The minimum atomic E-state index is -0.349. The minimum Gasteiger partial charge on any atom is -0.484 e. The lowest BCUT2D eigenvalue weighted by Crippen LogP contribution is -2.41. The predicted octanol–water partition coefficient (Wildman–Crippen LogP) is 9.71. The minimum absolute atomic E-state index is 0.00249. The van der Waals surface area contributed by atoms with Crippen molar-refractivity contribution >= 4 is 5.71 Å². The van der Waals surface area contributed by atoms with Crippen LogP contribution in [0.3, 0.4) is 0 Å². The van der Waals surface area contributed by atoms with Crippen LogP contribution in [0.25, 0.3) is 0 Å². The fraction of sp³-hybridized carbons (Fsp3) is 0.634. The molecule has 7 atom stereocenters. The Bertz CT molecular complexity index is 1560. The molecule has 3 aliphatic heterocycles. The molecule has 0 saturated heterocycles. The van der Waals surface area contributed by atoms with Crippen LogP contribution in [-0.2, 0) is 15.0 Å². The van der Waals surface area contributed by atoms with Gasteiger partial charge in [-0.25, -0.2) is 0 Å². The monoisotopic (exact) mass is 594 g/mol. The van der Waals surface area contributed by atoms with Crippen molar-refractivity contribution in [3.05, 3.63) is 81.8 Å². The number of hydrogen-bond acceptors (Lipinski definition) is 2. The van der Waals surface area contributed by atoms with E-state index in [-0.39, 0.29) is 40.1 Å². The van der Waals surface area contributed by atoms with Crippen molar-refractivity contribution < 1.29 is 14.0 Å². The summed E-state index contributed by atoms with van der Waals surface area (Å²) >= 11 is 0. The maximum absolute atomic E-state index is 7.30. The summed E-state index contributed by atoms with van der Waals surface area (Å²) in [5.74, 6) is 2.89. The van der Waals surface area contributed by atoms with Crippen LogP contribution in [0, 0.1) is 47.8 Å². The molecule has 236 valence electrons. The highest BCUT2D eigenvalue weighted by atomic mass is 16.6. The number of fused-ring (bicyclic) bond motifs is 11. The van der Waals surface area contributed by atoms with Crippen LogP contribution in [0.15, 0.2) is 59.5 Å². The molecule has 2 fully saturated rings. The number of benzene rings is 1. The fourth-order valence-corrected chi connectivity index (χ4v) is 9.57. The first-order chi connectivity index (χ1) is 20.7. The van der Waals surface area contributed by atoms with Crippen LogP contribution in [-0.4, -0.2) is 28.6 Å². The highest BCUT2D eigenvalue weighted by Crippen LogP contribution is 2.64. The van der Waals surface area contributed by atoms with Crippen molar-refractivity contribution in [1.82, 2.24) is 0 Å². The smallest absolute Gasteiger partial charge is 0.263 e. The zero-order valence-corrected chi connectivity index (χ0v) is 29.3. The van der Waals surface area contributed by atoms with E-state index in [0.29, 0.717) is 11.8 Å². The van der Waals surface area contributed by atoms with E-state index in [2.05, 4.69) is 123 Å². The predicted molar refractivity (Wildman–Crippen MR) is 181 cm³/mol. The zero-order valence-electron chi connectivity index (χ0n) is 29.3. The van der Waals surface area contributed by atoms with E-state index in [1.54, 1.807) is 5.57 Å². The molecule has 0 N–H and O–H groups in total. The second kappa shape index (κ2) is 9.81. The molecule has 1 aromatic rings. The summed E-state index contributed by atoms with van der Waals surface area (Å²) in [5.41, 5.74) is 9.92.